The van der Waals surface area contributed by atoms with Gasteiger partial charge >= 0.3 is 0 Å². The van der Waals surface area contributed by atoms with Gasteiger partial charge in [0.2, 0.25) is 11.7 Å². The second-order valence-electron chi connectivity index (χ2n) is 7.10. The number of Topliss-reactive ketones (excluding diaryl/α,β-unsaturated/α-hetero) is 1. The highest BCUT2D eigenvalue weighted by Gasteiger charge is 2.22. The number of piperazine rings is 1. The van der Waals surface area contributed by atoms with Crippen LogP contribution in [0.15, 0.2) is 53.1 Å². The molecule has 0 unspecified atom stereocenters. The van der Waals surface area contributed by atoms with Crippen LogP contribution in [-0.2, 0) is 0 Å². The lowest BCUT2D eigenvalue weighted by molar-refractivity contribution is 0.0746. The molecule has 1 saturated heterocycles. The predicted octanol–water partition coefficient (Wildman–Crippen LogP) is 3.21. The summed E-state index contributed by atoms with van der Waals surface area (Å²) in [4.78, 5) is 32.6. The molecular weight excluding hydrogens is 368 g/mol. The summed E-state index contributed by atoms with van der Waals surface area (Å²) in [6.45, 7) is 6.12. The zero-order chi connectivity index (χ0) is 20.4. The number of aromatic nitrogens is 2. The summed E-state index contributed by atoms with van der Waals surface area (Å²) in [6, 6.07) is 14.9. The number of rotatable bonds is 4. The number of nitrogens with zero attached hydrogens (tertiary/aromatic N) is 4. The smallest absolute Gasteiger partial charge is 0.253 e. The molecule has 1 aromatic heterocycles. The van der Waals surface area contributed by atoms with Gasteiger partial charge in [0, 0.05) is 55.5 Å². The van der Waals surface area contributed by atoms with Crippen molar-refractivity contribution in [2.45, 2.75) is 13.8 Å². The first-order valence-corrected chi connectivity index (χ1v) is 9.57. The number of hydrogen-bond acceptors (Lipinski definition) is 6. The quantitative estimate of drug-likeness (QED) is 0.637. The molecule has 1 amide bonds. The lowest BCUT2D eigenvalue weighted by Crippen LogP contribution is -2.48. The van der Waals surface area contributed by atoms with E-state index in [1.54, 1.807) is 26.0 Å². The van der Waals surface area contributed by atoms with Crippen molar-refractivity contribution in [3.8, 4) is 11.4 Å². The van der Waals surface area contributed by atoms with E-state index in [-0.39, 0.29) is 11.7 Å². The number of amides is 1. The van der Waals surface area contributed by atoms with Gasteiger partial charge in [-0.15, -0.1) is 0 Å². The molecule has 2 heterocycles. The summed E-state index contributed by atoms with van der Waals surface area (Å²) < 4.78 is 5.00. The molecule has 0 atom stereocenters. The van der Waals surface area contributed by atoms with Crippen molar-refractivity contribution in [2.24, 2.45) is 0 Å². The zero-order valence-corrected chi connectivity index (χ0v) is 16.5. The first kappa shape index (κ1) is 18.9. The Morgan fingerprint density at radius 1 is 0.897 bits per heavy atom. The van der Waals surface area contributed by atoms with Crippen LogP contribution >= 0.6 is 0 Å². The van der Waals surface area contributed by atoms with Crippen LogP contribution in [-0.4, -0.2) is 52.9 Å². The molecule has 7 heteroatoms. The molecule has 0 bridgehead atoms. The number of anilines is 1. The number of carbonyl (C=O) groups is 2. The summed E-state index contributed by atoms with van der Waals surface area (Å²) >= 11 is 0. The van der Waals surface area contributed by atoms with Crippen LogP contribution in [0, 0.1) is 6.92 Å². The van der Waals surface area contributed by atoms with Gasteiger partial charge in [0.05, 0.1) is 0 Å². The van der Waals surface area contributed by atoms with Gasteiger partial charge < -0.3 is 14.3 Å². The van der Waals surface area contributed by atoms with E-state index in [1.807, 2.05) is 41.3 Å². The van der Waals surface area contributed by atoms with Gasteiger partial charge in [-0.05, 0) is 43.3 Å². The lowest BCUT2D eigenvalue weighted by Gasteiger charge is -2.36. The van der Waals surface area contributed by atoms with Crippen molar-refractivity contribution in [3.63, 3.8) is 0 Å². The van der Waals surface area contributed by atoms with Gasteiger partial charge in [-0.3, -0.25) is 9.59 Å². The highest BCUT2D eigenvalue weighted by molar-refractivity contribution is 5.95. The second kappa shape index (κ2) is 7.87. The number of carbonyl (C=O) groups excluding carboxylic acids is 2. The SMILES string of the molecule is CC(=O)c1ccc(N2CCN(C(=O)c3ccc(-c4noc(C)n4)cc3)CC2)cc1. The van der Waals surface area contributed by atoms with E-state index in [0.29, 0.717) is 35.9 Å². The predicted molar refractivity (Wildman–Crippen MR) is 109 cm³/mol. The molecule has 29 heavy (non-hydrogen) atoms. The average Bonchev–Trinajstić information content (AvgIpc) is 3.20. The van der Waals surface area contributed by atoms with Gasteiger partial charge in [0.25, 0.3) is 5.91 Å². The molecule has 0 saturated carbocycles. The average molecular weight is 390 g/mol. The first-order chi connectivity index (χ1) is 14.0. The maximum Gasteiger partial charge on any atom is 0.253 e. The van der Waals surface area contributed by atoms with Crippen LogP contribution < -0.4 is 4.90 Å². The normalized spacial score (nSPS) is 14.1. The largest absolute Gasteiger partial charge is 0.368 e. The fraction of sp³-hybridized carbons (Fsp3) is 0.273. The summed E-state index contributed by atoms with van der Waals surface area (Å²) in [5.74, 6) is 1.11. The van der Waals surface area contributed by atoms with E-state index in [2.05, 4.69) is 15.0 Å². The molecule has 1 aliphatic rings. The third-order valence-electron chi connectivity index (χ3n) is 5.12. The molecule has 3 aromatic rings. The molecule has 0 N–H and O–H groups in total. The number of aryl methyl sites for hydroxylation is 1. The molecule has 1 aliphatic heterocycles. The van der Waals surface area contributed by atoms with Crippen molar-refractivity contribution >= 4 is 17.4 Å². The molecule has 0 radical (unpaired) electrons. The van der Waals surface area contributed by atoms with Gasteiger partial charge in [-0.2, -0.15) is 4.98 Å². The third-order valence-corrected chi connectivity index (χ3v) is 5.12. The molecular formula is C22H22N4O3. The van der Waals surface area contributed by atoms with Crippen LogP contribution in [0.1, 0.15) is 33.5 Å². The lowest BCUT2D eigenvalue weighted by atomic mass is 10.1. The Balaban J connectivity index is 1.38. The minimum Gasteiger partial charge on any atom is -0.368 e. The maximum atomic E-state index is 12.8. The summed E-state index contributed by atoms with van der Waals surface area (Å²) in [7, 11) is 0. The Labute approximate surface area is 168 Å². The van der Waals surface area contributed by atoms with Crippen molar-refractivity contribution in [1.82, 2.24) is 15.0 Å². The molecule has 4 rings (SSSR count). The van der Waals surface area contributed by atoms with E-state index in [0.717, 1.165) is 24.3 Å². The van der Waals surface area contributed by atoms with E-state index < -0.39 is 0 Å². The van der Waals surface area contributed by atoms with Crippen molar-refractivity contribution in [2.75, 3.05) is 31.1 Å². The van der Waals surface area contributed by atoms with Gasteiger partial charge in [0.15, 0.2) is 5.78 Å². The number of hydrogen-bond donors (Lipinski definition) is 0. The third kappa shape index (κ3) is 4.03. The Kier molecular flexibility index (Phi) is 5.12. The van der Waals surface area contributed by atoms with E-state index in [4.69, 9.17) is 4.52 Å². The number of ketones is 1. The van der Waals surface area contributed by atoms with Gasteiger partial charge in [-0.1, -0.05) is 17.3 Å². The Morgan fingerprint density at radius 3 is 2.07 bits per heavy atom. The molecule has 7 nitrogen and oxygen atoms in total. The fourth-order valence-electron chi connectivity index (χ4n) is 3.44. The highest BCUT2D eigenvalue weighted by Crippen LogP contribution is 2.20. The Hall–Kier alpha value is -3.48. The van der Waals surface area contributed by atoms with Gasteiger partial charge in [0.1, 0.15) is 0 Å². The first-order valence-electron chi connectivity index (χ1n) is 9.57. The summed E-state index contributed by atoms with van der Waals surface area (Å²) in [6.07, 6.45) is 0. The minimum absolute atomic E-state index is 0.0208. The Bertz CT molecular complexity index is 1020. The molecule has 0 aliphatic carbocycles. The molecule has 2 aromatic carbocycles. The minimum atomic E-state index is 0.0208. The van der Waals surface area contributed by atoms with Crippen LogP contribution in [0.25, 0.3) is 11.4 Å². The highest BCUT2D eigenvalue weighted by atomic mass is 16.5. The van der Waals surface area contributed by atoms with Crippen LogP contribution in [0.2, 0.25) is 0 Å². The van der Waals surface area contributed by atoms with Crippen molar-refractivity contribution in [3.05, 3.63) is 65.5 Å². The zero-order valence-electron chi connectivity index (χ0n) is 16.5. The van der Waals surface area contributed by atoms with Crippen LogP contribution in [0.3, 0.4) is 0 Å². The van der Waals surface area contributed by atoms with E-state index in [9.17, 15) is 9.59 Å². The van der Waals surface area contributed by atoms with E-state index in [1.165, 1.54) is 0 Å². The standard InChI is InChI=1S/C22H22N4O3/c1-15(27)17-7-9-20(10-8-17)25-11-13-26(14-12-25)22(28)19-5-3-18(4-6-19)21-23-16(2)29-24-21/h3-10H,11-14H2,1-2H3. The van der Waals surface area contributed by atoms with Gasteiger partial charge in [-0.25, -0.2) is 0 Å². The van der Waals surface area contributed by atoms with Crippen molar-refractivity contribution < 1.29 is 14.1 Å². The maximum absolute atomic E-state index is 12.8. The fourth-order valence-corrected chi connectivity index (χ4v) is 3.44. The summed E-state index contributed by atoms with van der Waals surface area (Å²) in [5, 5.41) is 3.90. The van der Waals surface area contributed by atoms with Crippen molar-refractivity contribution in [1.29, 1.82) is 0 Å². The van der Waals surface area contributed by atoms with Crippen LogP contribution in [0.5, 0.6) is 0 Å². The second-order valence-corrected chi connectivity index (χ2v) is 7.10. The molecule has 0 spiro atoms. The van der Waals surface area contributed by atoms with E-state index >= 15 is 0 Å². The summed E-state index contributed by atoms with van der Waals surface area (Å²) in [5.41, 5.74) is 3.24. The molecule has 148 valence electrons. The monoisotopic (exact) mass is 390 g/mol. The Morgan fingerprint density at radius 2 is 1.52 bits per heavy atom. The van der Waals surface area contributed by atoms with Crippen LogP contribution in [0.4, 0.5) is 5.69 Å². The molecule has 1 fully saturated rings. The number of benzene rings is 2. The topological polar surface area (TPSA) is 79.5 Å².